The Morgan fingerprint density at radius 2 is 1.66 bits per heavy atom. The normalized spacial score (nSPS) is 22.3. The van der Waals surface area contributed by atoms with Gasteiger partial charge in [-0.2, -0.15) is 26.3 Å². The van der Waals surface area contributed by atoms with E-state index in [2.05, 4.69) is 5.32 Å². The van der Waals surface area contributed by atoms with Gasteiger partial charge in [0.25, 0.3) is 15.6 Å². The average molecular weight is 615 g/mol. The lowest BCUT2D eigenvalue weighted by atomic mass is 9.87. The van der Waals surface area contributed by atoms with E-state index in [0.29, 0.717) is 22.5 Å². The van der Waals surface area contributed by atoms with Crippen LogP contribution in [0.1, 0.15) is 30.4 Å². The minimum Gasteiger partial charge on any atom is -0.389 e. The van der Waals surface area contributed by atoms with Crippen molar-refractivity contribution in [2.45, 2.75) is 66.7 Å². The number of halogens is 7. The number of benzene rings is 2. The molecule has 3 N–H and O–H groups in total. The highest BCUT2D eigenvalue weighted by atomic mass is 32.2. The van der Waals surface area contributed by atoms with Gasteiger partial charge in [-0.05, 0) is 55.2 Å². The topological polar surface area (TPSA) is 116 Å². The molecule has 41 heavy (non-hydrogen) atoms. The van der Waals surface area contributed by atoms with Crippen molar-refractivity contribution in [1.82, 2.24) is 5.32 Å². The number of aliphatic hydroxyl groups is 2. The van der Waals surface area contributed by atoms with Gasteiger partial charge >= 0.3 is 12.4 Å². The van der Waals surface area contributed by atoms with Crippen LogP contribution in [0.5, 0.6) is 0 Å². The summed E-state index contributed by atoms with van der Waals surface area (Å²) >= 11 is 0. The lowest BCUT2D eigenvalue weighted by Gasteiger charge is -2.39. The predicted octanol–water partition coefficient (Wildman–Crippen LogP) is 3.30. The van der Waals surface area contributed by atoms with Crippen LogP contribution in [0.3, 0.4) is 0 Å². The molecule has 226 valence electrons. The second-order valence-electron chi connectivity index (χ2n) is 9.81. The number of rotatable bonds is 6. The van der Waals surface area contributed by atoms with Crippen LogP contribution in [0.25, 0.3) is 0 Å². The number of ether oxygens (including phenoxy) is 1. The maximum atomic E-state index is 13.7. The van der Waals surface area contributed by atoms with Crippen LogP contribution < -0.4 is 9.62 Å². The van der Waals surface area contributed by atoms with Crippen molar-refractivity contribution in [3.8, 4) is 0 Å². The van der Waals surface area contributed by atoms with E-state index in [-0.39, 0.29) is 43.7 Å². The first-order chi connectivity index (χ1) is 19.0. The molecule has 0 saturated carbocycles. The third-order valence-electron chi connectivity index (χ3n) is 7.10. The number of hydrogen-bond acceptors (Lipinski definition) is 6. The summed E-state index contributed by atoms with van der Waals surface area (Å²) in [6.45, 7) is 0.228. The van der Waals surface area contributed by atoms with E-state index in [1.807, 2.05) is 0 Å². The van der Waals surface area contributed by atoms with Gasteiger partial charge in [0.2, 0.25) is 5.91 Å². The molecular weight excluding hydrogens is 589 g/mol. The van der Waals surface area contributed by atoms with E-state index in [9.17, 15) is 54.2 Å². The summed E-state index contributed by atoms with van der Waals surface area (Å²) in [5.74, 6) is -1.43. The van der Waals surface area contributed by atoms with Gasteiger partial charge in [0.1, 0.15) is 5.82 Å². The second kappa shape index (κ2) is 11.0. The third-order valence-corrected chi connectivity index (χ3v) is 8.98. The van der Waals surface area contributed by atoms with Crippen molar-refractivity contribution in [2.75, 3.05) is 17.5 Å². The van der Waals surface area contributed by atoms with Crippen LogP contribution in [-0.2, 0) is 31.6 Å². The van der Waals surface area contributed by atoms with Gasteiger partial charge in [-0.3, -0.25) is 9.10 Å². The standard InChI is InChI=1S/C25H25F7N2O6S/c26-16-3-6-18(7-4-16)41(38,39)34-17(12-22(36)33-19-9-10-40-13-21(19)35)5-1-14-11-15(2-8-20(14)34)23(37,24(27,28)29)25(30,31)32/h2-4,6-8,11,17,19,21,35,37H,1,5,9-10,12-13H2,(H,33,36)/t17-,19+,21+/m0/s1. The van der Waals surface area contributed by atoms with Crippen molar-refractivity contribution in [2.24, 2.45) is 0 Å². The van der Waals surface area contributed by atoms with E-state index in [4.69, 9.17) is 4.74 Å². The predicted molar refractivity (Wildman–Crippen MR) is 129 cm³/mol. The molecule has 3 atom stereocenters. The molecule has 16 heteroatoms. The number of anilines is 1. The molecule has 0 aromatic heterocycles. The Morgan fingerprint density at radius 1 is 1.02 bits per heavy atom. The number of hydrogen-bond donors (Lipinski definition) is 3. The Balaban J connectivity index is 1.75. The maximum Gasteiger partial charge on any atom is 0.430 e. The van der Waals surface area contributed by atoms with E-state index >= 15 is 0 Å². The number of aryl methyl sites for hydroxylation is 1. The van der Waals surface area contributed by atoms with Gasteiger partial charge in [-0.25, -0.2) is 12.8 Å². The molecule has 2 aliphatic heterocycles. The largest absolute Gasteiger partial charge is 0.430 e. The first kappa shape index (κ1) is 31.0. The van der Waals surface area contributed by atoms with Crippen molar-refractivity contribution in [3.63, 3.8) is 0 Å². The molecule has 0 aliphatic carbocycles. The summed E-state index contributed by atoms with van der Waals surface area (Å²) in [5, 5.41) is 22.5. The summed E-state index contributed by atoms with van der Waals surface area (Å²) < 4.78 is 128. The second-order valence-corrected chi connectivity index (χ2v) is 11.6. The number of amides is 1. The Labute approximate surface area is 229 Å². The Morgan fingerprint density at radius 3 is 2.24 bits per heavy atom. The smallest absolute Gasteiger partial charge is 0.389 e. The van der Waals surface area contributed by atoms with Crippen LogP contribution in [-0.4, -0.2) is 68.3 Å². The molecule has 0 spiro atoms. The third kappa shape index (κ3) is 5.87. The summed E-state index contributed by atoms with van der Waals surface area (Å²) in [6.07, 6.45) is -13.9. The van der Waals surface area contributed by atoms with E-state index in [1.165, 1.54) is 0 Å². The number of nitrogens with one attached hydrogen (secondary N) is 1. The van der Waals surface area contributed by atoms with Crippen LogP contribution in [0.15, 0.2) is 47.4 Å². The molecule has 8 nitrogen and oxygen atoms in total. The molecule has 0 radical (unpaired) electrons. The van der Waals surface area contributed by atoms with E-state index < -0.39 is 74.8 Å². The van der Waals surface area contributed by atoms with Gasteiger partial charge in [0, 0.05) is 18.6 Å². The number of aliphatic hydroxyl groups excluding tert-OH is 1. The average Bonchev–Trinajstić information content (AvgIpc) is 2.88. The molecule has 0 bridgehead atoms. The van der Waals surface area contributed by atoms with Gasteiger partial charge in [-0.15, -0.1) is 0 Å². The fourth-order valence-electron chi connectivity index (χ4n) is 4.95. The fourth-order valence-corrected chi connectivity index (χ4v) is 6.67. The van der Waals surface area contributed by atoms with Crippen LogP contribution in [0.2, 0.25) is 0 Å². The van der Waals surface area contributed by atoms with E-state index in [1.54, 1.807) is 0 Å². The first-order valence-corrected chi connectivity index (χ1v) is 13.7. The lowest BCUT2D eigenvalue weighted by Crippen LogP contribution is -2.54. The van der Waals surface area contributed by atoms with E-state index in [0.717, 1.165) is 24.3 Å². The highest BCUT2D eigenvalue weighted by Crippen LogP contribution is 2.51. The highest BCUT2D eigenvalue weighted by molar-refractivity contribution is 7.92. The van der Waals surface area contributed by atoms with Gasteiger partial charge in [0.15, 0.2) is 0 Å². The SMILES string of the molecule is O=C(C[C@@H]1CCc2cc(C(O)(C(F)(F)F)C(F)(F)F)ccc2N1S(=O)(=O)c1ccc(F)cc1)N[C@@H]1CCOC[C@H]1O. The van der Waals surface area contributed by atoms with Crippen LogP contribution in [0, 0.1) is 5.82 Å². The Hall–Kier alpha value is -2.95. The quantitative estimate of drug-likeness (QED) is 0.431. The van der Waals surface area contributed by atoms with Gasteiger partial charge < -0.3 is 20.3 Å². The molecule has 2 aliphatic rings. The molecule has 2 heterocycles. The monoisotopic (exact) mass is 614 g/mol. The first-order valence-electron chi connectivity index (χ1n) is 12.3. The minimum absolute atomic E-state index is 0.0304. The number of carbonyl (C=O) groups excluding carboxylic acids is 1. The van der Waals surface area contributed by atoms with Crippen LogP contribution >= 0.6 is 0 Å². The maximum absolute atomic E-state index is 13.7. The molecule has 1 amide bonds. The summed E-state index contributed by atoms with van der Waals surface area (Å²) in [5.41, 5.74) is -7.34. The number of fused-ring (bicyclic) bond motifs is 1. The molecule has 4 rings (SSSR count). The number of alkyl halides is 6. The number of carbonyl (C=O) groups is 1. The summed E-state index contributed by atoms with van der Waals surface area (Å²) in [7, 11) is -4.63. The molecule has 1 saturated heterocycles. The van der Waals surface area contributed by atoms with Crippen molar-refractivity contribution in [1.29, 1.82) is 0 Å². The molecule has 0 unspecified atom stereocenters. The zero-order chi connectivity index (χ0) is 30.4. The summed E-state index contributed by atoms with van der Waals surface area (Å²) in [6, 6.07) is 3.20. The van der Waals surface area contributed by atoms with Crippen LogP contribution in [0.4, 0.5) is 36.4 Å². The minimum atomic E-state index is -6.15. The Kier molecular flexibility index (Phi) is 8.34. The fraction of sp³-hybridized carbons (Fsp3) is 0.480. The molecule has 2 aromatic rings. The molecule has 2 aromatic carbocycles. The lowest BCUT2D eigenvalue weighted by molar-refractivity contribution is -0.376. The zero-order valence-electron chi connectivity index (χ0n) is 21.0. The van der Waals surface area contributed by atoms with Gasteiger partial charge in [-0.1, -0.05) is 12.1 Å². The number of nitrogens with zero attached hydrogens (tertiary/aromatic N) is 1. The van der Waals surface area contributed by atoms with Crippen molar-refractivity contribution < 1.29 is 58.9 Å². The van der Waals surface area contributed by atoms with Crippen molar-refractivity contribution >= 4 is 21.6 Å². The Bertz CT molecular complexity index is 1370. The molecule has 1 fully saturated rings. The van der Waals surface area contributed by atoms with Gasteiger partial charge in [0.05, 0.1) is 35.4 Å². The highest BCUT2D eigenvalue weighted by Gasteiger charge is 2.71. The zero-order valence-corrected chi connectivity index (χ0v) is 21.9. The number of sulfonamides is 1. The molecular formula is C25H25F7N2O6S. The summed E-state index contributed by atoms with van der Waals surface area (Å²) in [4.78, 5) is 12.4. The van der Waals surface area contributed by atoms with Crippen molar-refractivity contribution in [3.05, 3.63) is 59.4 Å².